The molecule has 0 spiro atoms. The van der Waals surface area contributed by atoms with Crippen LogP contribution in [0.4, 0.5) is 0 Å². The first-order valence-electron chi connectivity index (χ1n) is 14.0. The molecule has 0 N–H and O–H groups in total. The predicted molar refractivity (Wildman–Crippen MR) is 154 cm³/mol. The monoisotopic (exact) mass is 516 g/mol. The second-order valence-electron chi connectivity index (χ2n) is 9.84. The van der Waals surface area contributed by atoms with Crippen molar-refractivity contribution in [3.63, 3.8) is 0 Å². The minimum absolute atomic E-state index is 0.365. The van der Waals surface area contributed by atoms with Crippen molar-refractivity contribution in [1.82, 2.24) is 0 Å². The zero-order valence-electron chi connectivity index (χ0n) is 24.2. The van der Waals surface area contributed by atoms with E-state index in [1.165, 1.54) is 0 Å². The number of ether oxygens (including phenoxy) is 3. The van der Waals surface area contributed by atoms with Gasteiger partial charge in [0, 0.05) is 6.61 Å². The number of rotatable bonds is 20. The summed E-state index contributed by atoms with van der Waals surface area (Å²) in [4.78, 5) is 24.7. The number of carbonyl (C=O) groups is 2. The van der Waals surface area contributed by atoms with Gasteiger partial charge < -0.3 is 14.2 Å². The Morgan fingerprint density at radius 1 is 0.649 bits per heavy atom. The predicted octanol–water partition coefficient (Wildman–Crippen LogP) is 8.37. The van der Waals surface area contributed by atoms with Crippen LogP contribution in [-0.4, -0.2) is 36.4 Å². The molecule has 5 nitrogen and oxygen atoms in total. The molecule has 0 saturated carbocycles. The molecule has 0 aliphatic carbocycles. The molecule has 0 bridgehead atoms. The molecule has 1 unspecified atom stereocenters. The van der Waals surface area contributed by atoms with E-state index in [9.17, 15) is 9.59 Å². The smallest absolute Gasteiger partial charge is 0.347 e. The van der Waals surface area contributed by atoms with Crippen molar-refractivity contribution in [2.45, 2.75) is 124 Å². The van der Waals surface area contributed by atoms with Gasteiger partial charge >= 0.3 is 11.9 Å². The lowest BCUT2D eigenvalue weighted by Crippen LogP contribution is -2.37. The Kier molecular flexibility index (Phi) is 21.3. The summed E-state index contributed by atoms with van der Waals surface area (Å²) in [6, 6.07) is 0. The quantitative estimate of drug-likeness (QED) is 0.0924. The lowest BCUT2D eigenvalue weighted by Gasteiger charge is -2.24. The standard InChI is InChI=1S/C32H52O5/c1-7-10-11-12-13-14-15-16-17-18-19-20-21-22-23-24-25-26-27-35-28(8-2)30(33)36-29(9-3)31(34)37-32(4,5)6/h10-11,13-14,16-17,19-20,22-23,28-29H,7-9,12,15,18,21,24-27H2,1-6H3/b11-10-,14-13-,17-16-,20-19-,23-22-/t28?,29-/m1/s1. The van der Waals surface area contributed by atoms with Crippen molar-refractivity contribution in [1.29, 1.82) is 0 Å². The molecular formula is C32H52O5. The summed E-state index contributed by atoms with van der Waals surface area (Å²) in [5, 5.41) is 0. The second-order valence-corrected chi connectivity index (χ2v) is 9.84. The zero-order chi connectivity index (χ0) is 27.8. The van der Waals surface area contributed by atoms with Gasteiger partial charge in [0.1, 0.15) is 5.60 Å². The summed E-state index contributed by atoms with van der Waals surface area (Å²) in [7, 11) is 0. The third-order valence-electron chi connectivity index (χ3n) is 5.17. The van der Waals surface area contributed by atoms with Crippen molar-refractivity contribution in [3.8, 4) is 0 Å². The van der Waals surface area contributed by atoms with Crippen molar-refractivity contribution in [3.05, 3.63) is 60.8 Å². The Balaban J connectivity index is 3.98. The summed E-state index contributed by atoms with van der Waals surface area (Å²) in [5.74, 6) is -1.02. The Morgan fingerprint density at radius 3 is 1.59 bits per heavy atom. The minimum atomic E-state index is -0.903. The van der Waals surface area contributed by atoms with Crippen LogP contribution >= 0.6 is 0 Å². The molecule has 0 heterocycles. The van der Waals surface area contributed by atoms with E-state index in [0.717, 1.165) is 51.4 Å². The first-order valence-corrected chi connectivity index (χ1v) is 14.0. The largest absolute Gasteiger partial charge is 0.457 e. The molecule has 0 aliphatic heterocycles. The van der Waals surface area contributed by atoms with Crippen LogP contribution in [0.3, 0.4) is 0 Å². The second kappa shape index (κ2) is 22.8. The molecule has 0 saturated heterocycles. The molecule has 210 valence electrons. The number of esters is 2. The number of hydrogen-bond acceptors (Lipinski definition) is 5. The summed E-state index contributed by atoms with van der Waals surface area (Å²) < 4.78 is 16.5. The van der Waals surface area contributed by atoms with Crippen molar-refractivity contribution < 1.29 is 23.8 Å². The number of unbranched alkanes of at least 4 members (excludes halogenated alkanes) is 2. The fourth-order valence-electron chi connectivity index (χ4n) is 3.19. The fourth-order valence-corrected chi connectivity index (χ4v) is 3.19. The maximum Gasteiger partial charge on any atom is 0.347 e. The highest BCUT2D eigenvalue weighted by molar-refractivity contribution is 5.81. The summed E-state index contributed by atoms with van der Waals surface area (Å²) in [5.41, 5.74) is -0.622. The molecule has 0 rings (SSSR count). The Bertz CT molecular complexity index is 737. The average Bonchev–Trinajstić information content (AvgIpc) is 2.85. The van der Waals surface area contributed by atoms with Gasteiger partial charge in [0.15, 0.2) is 12.2 Å². The van der Waals surface area contributed by atoms with Crippen LogP contribution in [0.5, 0.6) is 0 Å². The highest BCUT2D eigenvalue weighted by Gasteiger charge is 2.29. The van der Waals surface area contributed by atoms with Gasteiger partial charge in [-0.15, -0.1) is 0 Å². The number of carbonyl (C=O) groups excluding carboxylic acids is 2. The SMILES string of the molecule is CC/C=C\C/C=C\C/C=C\C/C=C\C/C=C\CCCCOC(CC)C(=O)O[C@H](CC)C(=O)OC(C)(C)C. The first kappa shape index (κ1) is 34.6. The fraction of sp³-hybridized carbons (Fsp3) is 0.625. The normalized spacial score (nSPS) is 14.4. The van der Waals surface area contributed by atoms with Crippen molar-refractivity contribution in [2.24, 2.45) is 0 Å². The summed E-state index contributed by atoms with van der Waals surface area (Å²) in [6.07, 6.45) is 29.1. The van der Waals surface area contributed by atoms with Gasteiger partial charge in [-0.2, -0.15) is 0 Å². The number of allylic oxidation sites excluding steroid dienone is 10. The molecule has 0 aromatic carbocycles. The molecule has 0 aliphatic rings. The third kappa shape index (κ3) is 21.4. The van der Waals surface area contributed by atoms with E-state index in [1.54, 1.807) is 27.7 Å². The van der Waals surface area contributed by atoms with Crippen LogP contribution in [0.1, 0.15) is 106 Å². The van der Waals surface area contributed by atoms with E-state index in [4.69, 9.17) is 14.2 Å². The molecule has 0 fully saturated rings. The molecule has 2 atom stereocenters. The highest BCUT2D eigenvalue weighted by atomic mass is 16.6. The number of hydrogen-bond donors (Lipinski definition) is 0. The first-order chi connectivity index (χ1) is 17.7. The highest BCUT2D eigenvalue weighted by Crippen LogP contribution is 2.14. The molecular weight excluding hydrogens is 464 g/mol. The van der Waals surface area contributed by atoms with Gasteiger partial charge in [0.05, 0.1) is 0 Å². The summed E-state index contributed by atoms with van der Waals surface area (Å²) in [6.45, 7) is 11.7. The van der Waals surface area contributed by atoms with Crippen LogP contribution in [-0.2, 0) is 23.8 Å². The van der Waals surface area contributed by atoms with E-state index in [-0.39, 0.29) is 0 Å². The van der Waals surface area contributed by atoms with Crippen molar-refractivity contribution >= 4 is 11.9 Å². The molecule has 37 heavy (non-hydrogen) atoms. The van der Waals surface area contributed by atoms with Crippen LogP contribution < -0.4 is 0 Å². The van der Waals surface area contributed by atoms with Gasteiger partial charge in [-0.3, -0.25) is 0 Å². The van der Waals surface area contributed by atoms with Gasteiger partial charge in [-0.25, -0.2) is 9.59 Å². The zero-order valence-corrected chi connectivity index (χ0v) is 24.2. The topological polar surface area (TPSA) is 61.8 Å². The van der Waals surface area contributed by atoms with Crippen LogP contribution in [0, 0.1) is 0 Å². The van der Waals surface area contributed by atoms with Crippen LogP contribution in [0.2, 0.25) is 0 Å². The van der Waals surface area contributed by atoms with Gasteiger partial charge in [-0.05, 0) is 85.0 Å². The molecule has 0 amide bonds. The average molecular weight is 517 g/mol. The van der Waals surface area contributed by atoms with E-state index >= 15 is 0 Å². The lowest BCUT2D eigenvalue weighted by atomic mass is 10.2. The summed E-state index contributed by atoms with van der Waals surface area (Å²) >= 11 is 0. The van der Waals surface area contributed by atoms with Crippen molar-refractivity contribution in [2.75, 3.05) is 6.61 Å². The third-order valence-corrected chi connectivity index (χ3v) is 5.17. The molecule has 0 aromatic heterocycles. The van der Waals surface area contributed by atoms with Gasteiger partial charge in [0.2, 0.25) is 0 Å². The Hall–Kier alpha value is -2.40. The lowest BCUT2D eigenvalue weighted by molar-refractivity contribution is -0.181. The van der Waals surface area contributed by atoms with Crippen LogP contribution in [0.25, 0.3) is 0 Å². The van der Waals surface area contributed by atoms with E-state index in [2.05, 4.69) is 67.7 Å². The molecule has 5 heteroatoms. The molecule has 0 aromatic rings. The van der Waals surface area contributed by atoms with Gasteiger partial charge in [-0.1, -0.05) is 81.5 Å². The van der Waals surface area contributed by atoms with E-state index in [0.29, 0.717) is 19.4 Å². The Morgan fingerprint density at radius 2 is 1.14 bits per heavy atom. The molecule has 0 radical (unpaired) electrons. The maximum atomic E-state index is 12.5. The van der Waals surface area contributed by atoms with Crippen LogP contribution in [0.15, 0.2) is 60.8 Å². The van der Waals surface area contributed by atoms with E-state index < -0.39 is 29.7 Å². The minimum Gasteiger partial charge on any atom is -0.457 e. The maximum absolute atomic E-state index is 12.5. The van der Waals surface area contributed by atoms with E-state index in [1.807, 2.05) is 6.92 Å². The van der Waals surface area contributed by atoms with Gasteiger partial charge in [0.25, 0.3) is 0 Å². The Labute approximate surface area is 226 Å².